The normalized spacial score (nSPS) is 11.9. The lowest BCUT2D eigenvalue weighted by Gasteiger charge is -2.21. The number of carbonyl (C=O) groups is 1. The van der Waals surface area contributed by atoms with Crippen molar-refractivity contribution >= 4 is 27.2 Å². The Morgan fingerprint density at radius 1 is 1.33 bits per heavy atom. The van der Waals surface area contributed by atoms with Crippen molar-refractivity contribution in [2.75, 3.05) is 7.11 Å². The molecule has 2 rings (SSSR count). The van der Waals surface area contributed by atoms with E-state index in [1.165, 1.54) is 10.1 Å². The number of methoxy groups -OCH3 is 1. The monoisotopic (exact) mass is 262 g/mol. The summed E-state index contributed by atoms with van der Waals surface area (Å²) in [5.74, 6) is 0.227. The van der Waals surface area contributed by atoms with E-state index in [4.69, 9.17) is 4.74 Å². The number of carbonyl (C=O) groups excluding carboxylic acids is 1. The van der Waals surface area contributed by atoms with E-state index in [0.29, 0.717) is 12.8 Å². The Kier molecular flexibility index (Phi) is 3.83. The van der Waals surface area contributed by atoms with E-state index in [2.05, 4.69) is 17.5 Å². The van der Waals surface area contributed by atoms with Gasteiger partial charge in [-0.15, -0.1) is 11.3 Å². The van der Waals surface area contributed by atoms with Gasteiger partial charge in [0, 0.05) is 24.7 Å². The Hall–Kier alpha value is -1.19. The molecular weight excluding hydrogens is 244 g/mol. The molecule has 2 nitrogen and oxygen atoms in total. The average molecular weight is 262 g/mol. The number of benzene rings is 1. The summed E-state index contributed by atoms with van der Waals surface area (Å²) in [5, 5.41) is 3.29. The summed E-state index contributed by atoms with van der Waals surface area (Å²) in [6, 6.07) is 8.21. The number of ether oxygens (including phenoxy) is 1. The summed E-state index contributed by atoms with van der Waals surface area (Å²) in [5.41, 5.74) is 0.760. The third kappa shape index (κ3) is 2.98. The molecule has 0 N–H and O–H groups in total. The molecule has 1 aromatic carbocycles. The summed E-state index contributed by atoms with van der Waals surface area (Å²) < 4.78 is 6.54. The van der Waals surface area contributed by atoms with Crippen LogP contribution in [0, 0.1) is 0 Å². The summed E-state index contributed by atoms with van der Waals surface area (Å²) in [6.07, 6.45) is 0.949. The van der Waals surface area contributed by atoms with Gasteiger partial charge in [-0.25, -0.2) is 0 Å². The van der Waals surface area contributed by atoms with Gasteiger partial charge < -0.3 is 4.74 Å². The van der Waals surface area contributed by atoms with Crippen molar-refractivity contribution in [2.45, 2.75) is 32.3 Å². The standard InChI is InChI=1S/C15H18O2S/c1-15(2,17-3)9-12(16)8-11-10-18-14-7-5-4-6-13(11)14/h4-7,10H,8-9H2,1-3H3. The maximum absolute atomic E-state index is 12.1. The van der Waals surface area contributed by atoms with Gasteiger partial charge in [0.25, 0.3) is 0 Å². The van der Waals surface area contributed by atoms with E-state index in [0.717, 1.165) is 5.56 Å². The fraction of sp³-hybridized carbons (Fsp3) is 0.400. The first-order valence-corrected chi connectivity index (χ1v) is 6.92. The van der Waals surface area contributed by atoms with Crippen LogP contribution in [0.4, 0.5) is 0 Å². The van der Waals surface area contributed by atoms with Gasteiger partial charge in [-0.2, -0.15) is 0 Å². The van der Waals surface area contributed by atoms with Crippen molar-refractivity contribution in [3.8, 4) is 0 Å². The molecule has 0 bridgehead atoms. The third-order valence-corrected chi connectivity index (χ3v) is 4.14. The number of hydrogen-bond acceptors (Lipinski definition) is 3. The lowest BCUT2D eigenvalue weighted by atomic mass is 9.97. The molecule has 3 heteroatoms. The van der Waals surface area contributed by atoms with Crippen molar-refractivity contribution in [3.05, 3.63) is 35.2 Å². The van der Waals surface area contributed by atoms with Gasteiger partial charge in [0.2, 0.25) is 0 Å². The summed E-state index contributed by atoms with van der Waals surface area (Å²) in [4.78, 5) is 12.1. The smallest absolute Gasteiger partial charge is 0.140 e. The van der Waals surface area contributed by atoms with Crippen LogP contribution in [0.1, 0.15) is 25.8 Å². The number of thiophene rings is 1. The van der Waals surface area contributed by atoms with Crippen molar-refractivity contribution in [3.63, 3.8) is 0 Å². The van der Waals surface area contributed by atoms with E-state index in [9.17, 15) is 4.79 Å². The molecule has 96 valence electrons. The highest BCUT2D eigenvalue weighted by atomic mass is 32.1. The molecule has 0 radical (unpaired) electrons. The quantitative estimate of drug-likeness (QED) is 0.818. The minimum Gasteiger partial charge on any atom is -0.378 e. The van der Waals surface area contributed by atoms with Crippen LogP contribution in [0.15, 0.2) is 29.6 Å². The summed E-state index contributed by atoms with van der Waals surface area (Å²) >= 11 is 1.70. The van der Waals surface area contributed by atoms with Gasteiger partial charge in [-0.1, -0.05) is 18.2 Å². The Bertz CT molecular complexity index is 554. The van der Waals surface area contributed by atoms with Crippen molar-refractivity contribution in [1.29, 1.82) is 0 Å². The molecular formula is C15H18O2S. The number of Topliss-reactive ketones (excluding diaryl/α,β-unsaturated/α-hetero) is 1. The molecule has 0 atom stereocenters. The largest absolute Gasteiger partial charge is 0.378 e. The molecule has 0 unspecified atom stereocenters. The zero-order chi connectivity index (χ0) is 13.2. The second kappa shape index (κ2) is 5.21. The van der Waals surface area contributed by atoms with Crippen molar-refractivity contribution < 1.29 is 9.53 Å². The molecule has 0 aliphatic rings. The molecule has 0 spiro atoms. The topological polar surface area (TPSA) is 26.3 Å². The van der Waals surface area contributed by atoms with Crippen LogP contribution in [0.25, 0.3) is 10.1 Å². The maximum Gasteiger partial charge on any atom is 0.140 e. The third-order valence-electron chi connectivity index (χ3n) is 3.12. The average Bonchev–Trinajstić information content (AvgIpc) is 2.72. The summed E-state index contributed by atoms with van der Waals surface area (Å²) in [7, 11) is 1.65. The van der Waals surface area contributed by atoms with E-state index >= 15 is 0 Å². The van der Waals surface area contributed by atoms with E-state index < -0.39 is 0 Å². The molecule has 0 fully saturated rings. The number of hydrogen-bond donors (Lipinski definition) is 0. The Morgan fingerprint density at radius 3 is 2.78 bits per heavy atom. The first kappa shape index (κ1) is 13.2. The van der Waals surface area contributed by atoms with Crippen LogP contribution in [0.5, 0.6) is 0 Å². The Labute approximate surface area is 112 Å². The lowest BCUT2D eigenvalue weighted by molar-refractivity contribution is -0.123. The predicted octanol–water partition coefficient (Wildman–Crippen LogP) is 3.83. The van der Waals surface area contributed by atoms with Crippen LogP contribution in [-0.4, -0.2) is 18.5 Å². The zero-order valence-electron chi connectivity index (χ0n) is 11.0. The van der Waals surface area contributed by atoms with Crippen LogP contribution >= 0.6 is 11.3 Å². The minimum absolute atomic E-state index is 0.227. The molecule has 2 aromatic rings. The van der Waals surface area contributed by atoms with Crippen molar-refractivity contribution in [2.24, 2.45) is 0 Å². The van der Waals surface area contributed by atoms with E-state index in [1.807, 2.05) is 26.0 Å². The number of ketones is 1. The Morgan fingerprint density at radius 2 is 2.06 bits per heavy atom. The molecule has 18 heavy (non-hydrogen) atoms. The van der Waals surface area contributed by atoms with Crippen LogP contribution in [0.2, 0.25) is 0 Å². The predicted molar refractivity (Wildman–Crippen MR) is 76.2 cm³/mol. The fourth-order valence-electron chi connectivity index (χ4n) is 1.99. The van der Waals surface area contributed by atoms with Gasteiger partial charge in [0.05, 0.1) is 5.60 Å². The zero-order valence-corrected chi connectivity index (χ0v) is 11.8. The number of fused-ring (bicyclic) bond motifs is 1. The molecule has 1 aromatic heterocycles. The lowest BCUT2D eigenvalue weighted by Crippen LogP contribution is -2.27. The van der Waals surface area contributed by atoms with Gasteiger partial charge in [0.15, 0.2) is 0 Å². The fourth-order valence-corrected chi connectivity index (χ4v) is 2.95. The summed E-state index contributed by atoms with van der Waals surface area (Å²) in [6.45, 7) is 3.88. The van der Waals surface area contributed by atoms with Crippen LogP contribution in [0.3, 0.4) is 0 Å². The molecule has 0 aliphatic carbocycles. The molecule has 0 aliphatic heterocycles. The molecule has 0 saturated carbocycles. The van der Waals surface area contributed by atoms with Gasteiger partial charge in [-0.05, 0) is 36.2 Å². The second-order valence-corrected chi connectivity index (χ2v) is 6.02. The van der Waals surface area contributed by atoms with Gasteiger partial charge in [-0.3, -0.25) is 4.79 Å². The van der Waals surface area contributed by atoms with E-state index in [1.54, 1.807) is 18.4 Å². The number of rotatable bonds is 5. The molecule has 0 amide bonds. The van der Waals surface area contributed by atoms with Gasteiger partial charge in [0.1, 0.15) is 5.78 Å². The van der Waals surface area contributed by atoms with Crippen molar-refractivity contribution in [1.82, 2.24) is 0 Å². The highest BCUT2D eigenvalue weighted by Gasteiger charge is 2.21. The first-order chi connectivity index (χ1) is 8.52. The highest BCUT2D eigenvalue weighted by Crippen LogP contribution is 2.27. The van der Waals surface area contributed by atoms with Crippen LogP contribution < -0.4 is 0 Å². The molecule has 1 heterocycles. The Balaban J connectivity index is 2.12. The maximum atomic E-state index is 12.1. The SMILES string of the molecule is COC(C)(C)CC(=O)Cc1csc2ccccc12. The molecule has 0 saturated heterocycles. The minimum atomic E-state index is -0.372. The first-order valence-electron chi connectivity index (χ1n) is 6.04. The second-order valence-electron chi connectivity index (χ2n) is 5.11. The van der Waals surface area contributed by atoms with Gasteiger partial charge >= 0.3 is 0 Å². The van der Waals surface area contributed by atoms with E-state index in [-0.39, 0.29) is 11.4 Å². The highest BCUT2D eigenvalue weighted by molar-refractivity contribution is 7.17. The van der Waals surface area contributed by atoms with Crippen LogP contribution in [-0.2, 0) is 16.0 Å².